The molecule has 12 heteroatoms. The minimum Gasteiger partial charge on any atom is -0.338 e. The van der Waals surface area contributed by atoms with Crippen LogP contribution in [0.15, 0.2) is 58.9 Å². The molecule has 34 heavy (non-hydrogen) atoms. The summed E-state index contributed by atoms with van der Waals surface area (Å²) in [7, 11) is -4.45. The Balaban J connectivity index is 1.48. The molecule has 6 nitrogen and oxygen atoms in total. The zero-order chi connectivity index (χ0) is 24.5. The van der Waals surface area contributed by atoms with Gasteiger partial charge in [0.05, 0.1) is 16.0 Å². The van der Waals surface area contributed by atoms with Crippen molar-refractivity contribution in [1.82, 2.24) is 14.6 Å². The fourth-order valence-electron chi connectivity index (χ4n) is 3.75. The van der Waals surface area contributed by atoms with Crippen molar-refractivity contribution in [2.75, 3.05) is 13.1 Å². The van der Waals surface area contributed by atoms with Gasteiger partial charge in [0, 0.05) is 30.2 Å². The molecule has 1 aromatic carbocycles. The van der Waals surface area contributed by atoms with Gasteiger partial charge in [-0.1, -0.05) is 23.7 Å². The summed E-state index contributed by atoms with van der Waals surface area (Å²) in [4.78, 5) is 17.8. The molecule has 180 valence electrons. The van der Waals surface area contributed by atoms with Crippen LogP contribution in [-0.2, 0) is 16.2 Å². The first-order valence-electron chi connectivity index (χ1n) is 10.2. The zero-order valence-electron chi connectivity index (χ0n) is 17.5. The number of piperidine rings is 1. The number of carbonyl (C=O) groups excluding carboxylic acids is 1. The van der Waals surface area contributed by atoms with Gasteiger partial charge in [-0.25, -0.2) is 18.1 Å². The molecule has 0 aliphatic carbocycles. The smallest absolute Gasteiger partial charge is 0.338 e. The van der Waals surface area contributed by atoms with Crippen molar-refractivity contribution in [2.24, 2.45) is 0 Å². The lowest BCUT2D eigenvalue weighted by atomic mass is 10.1. The predicted molar refractivity (Wildman–Crippen MR) is 123 cm³/mol. The van der Waals surface area contributed by atoms with Crippen LogP contribution in [0.1, 0.15) is 28.8 Å². The number of benzene rings is 1. The van der Waals surface area contributed by atoms with E-state index in [1.54, 1.807) is 28.5 Å². The zero-order valence-corrected chi connectivity index (χ0v) is 19.9. The molecule has 0 bridgehead atoms. The van der Waals surface area contributed by atoms with Crippen molar-refractivity contribution < 1.29 is 26.4 Å². The summed E-state index contributed by atoms with van der Waals surface area (Å²) in [6.07, 6.45) is -2.96. The lowest BCUT2D eigenvalue weighted by Gasteiger charge is -2.32. The van der Waals surface area contributed by atoms with Crippen LogP contribution >= 0.6 is 22.9 Å². The lowest BCUT2D eigenvalue weighted by molar-refractivity contribution is -0.139. The number of nitrogens with one attached hydrogen (secondary N) is 1. The normalized spacial score (nSPS) is 15.5. The number of amides is 1. The molecule has 0 atom stereocenters. The molecule has 1 saturated heterocycles. The third-order valence-electron chi connectivity index (χ3n) is 5.46. The summed E-state index contributed by atoms with van der Waals surface area (Å²) in [5.74, 6) is -0.269. The molecule has 0 unspecified atom stereocenters. The van der Waals surface area contributed by atoms with Crippen LogP contribution in [0.2, 0.25) is 5.15 Å². The van der Waals surface area contributed by atoms with Gasteiger partial charge in [0.2, 0.25) is 10.0 Å². The Morgan fingerprint density at radius 2 is 1.88 bits per heavy atom. The molecule has 1 N–H and O–H groups in total. The van der Waals surface area contributed by atoms with E-state index in [2.05, 4.69) is 9.71 Å². The van der Waals surface area contributed by atoms with Gasteiger partial charge < -0.3 is 4.90 Å². The Labute approximate surface area is 203 Å². The minimum atomic E-state index is -4.85. The van der Waals surface area contributed by atoms with Crippen molar-refractivity contribution in [2.45, 2.75) is 30.0 Å². The van der Waals surface area contributed by atoms with Crippen molar-refractivity contribution in [1.29, 1.82) is 0 Å². The molecule has 3 heterocycles. The van der Waals surface area contributed by atoms with Gasteiger partial charge in [-0.2, -0.15) is 13.2 Å². The molecule has 2 aromatic heterocycles. The monoisotopic (exact) mass is 529 g/mol. The maximum atomic E-state index is 13.8. The van der Waals surface area contributed by atoms with Gasteiger partial charge in [0.1, 0.15) is 5.15 Å². The second-order valence-electron chi connectivity index (χ2n) is 7.74. The van der Waals surface area contributed by atoms with Crippen LogP contribution in [0, 0.1) is 0 Å². The maximum absolute atomic E-state index is 13.8. The minimum absolute atomic E-state index is 0.248. The summed E-state index contributed by atoms with van der Waals surface area (Å²) in [6.45, 7) is 0.496. The quantitative estimate of drug-likeness (QED) is 0.468. The number of pyridine rings is 1. The van der Waals surface area contributed by atoms with Crippen LogP contribution in [0.5, 0.6) is 0 Å². The van der Waals surface area contributed by atoms with Crippen LogP contribution in [0.25, 0.3) is 10.4 Å². The molecule has 1 aliphatic heterocycles. The number of aromatic nitrogens is 1. The van der Waals surface area contributed by atoms with Crippen LogP contribution in [0.3, 0.4) is 0 Å². The Hall–Kier alpha value is -2.47. The van der Waals surface area contributed by atoms with Crippen LogP contribution in [0.4, 0.5) is 13.2 Å². The Bertz CT molecular complexity index is 1270. The number of likely N-dealkylation sites (tertiary alicyclic amines) is 1. The van der Waals surface area contributed by atoms with Gasteiger partial charge in [-0.05, 0) is 54.1 Å². The lowest BCUT2D eigenvalue weighted by Crippen LogP contribution is -2.46. The van der Waals surface area contributed by atoms with E-state index < -0.39 is 32.7 Å². The van der Waals surface area contributed by atoms with Crippen molar-refractivity contribution in [3.63, 3.8) is 0 Å². The van der Waals surface area contributed by atoms with Crippen molar-refractivity contribution in [3.05, 3.63) is 70.3 Å². The van der Waals surface area contributed by atoms with Crippen LogP contribution in [-0.4, -0.2) is 43.3 Å². The van der Waals surface area contributed by atoms with Crippen LogP contribution < -0.4 is 4.72 Å². The summed E-state index contributed by atoms with van der Waals surface area (Å²) < 4.78 is 69.5. The molecule has 3 aromatic rings. The average molecular weight is 530 g/mol. The SMILES string of the molecule is O=C(c1ccc(Cl)nc1)N1CCC(NS(=O)(=O)c2ccc(-c3cccs3)cc2C(F)(F)F)CC1. The standard InChI is InChI=1S/C22H19ClF3N3O3S2/c23-20-6-4-15(13-27-20)21(30)29-9-7-16(8-10-29)28-34(31,32)19-5-3-14(18-2-1-11-33-18)12-17(19)22(24,25)26/h1-6,11-13,16,28H,7-10H2. The number of alkyl halides is 3. The topological polar surface area (TPSA) is 79.4 Å². The van der Waals surface area contributed by atoms with Crippen molar-refractivity contribution >= 4 is 38.9 Å². The van der Waals surface area contributed by atoms with Gasteiger partial charge >= 0.3 is 6.18 Å². The second kappa shape index (κ2) is 9.65. The Morgan fingerprint density at radius 3 is 2.47 bits per heavy atom. The second-order valence-corrected chi connectivity index (χ2v) is 10.8. The van der Waals surface area contributed by atoms with E-state index in [1.165, 1.54) is 29.7 Å². The van der Waals surface area contributed by atoms with E-state index in [4.69, 9.17) is 11.6 Å². The summed E-state index contributed by atoms with van der Waals surface area (Å²) >= 11 is 7.00. The molecule has 4 rings (SSSR count). The van der Waals surface area contributed by atoms with E-state index in [0.29, 0.717) is 16.0 Å². The first kappa shape index (κ1) is 24.6. The number of hydrogen-bond donors (Lipinski definition) is 1. The third-order valence-corrected chi connectivity index (χ3v) is 8.18. The fraction of sp³-hybridized carbons (Fsp3) is 0.273. The largest absolute Gasteiger partial charge is 0.417 e. The molecule has 0 spiro atoms. The number of hydrogen-bond acceptors (Lipinski definition) is 5. The fourth-order valence-corrected chi connectivity index (χ4v) is 6.10. The number of rotatable bonds is 5. The molecule has 1 aliphatic rings. The third kappa shape index (κ3) is 5.43. The van der Waals surface area contributed by atoms with E-state index in [0.717, 1.165) is 12.1 Å². The molecular weight excluding hydrogens is 511 g/mol. The number of halogens is 4. The van der Waals surface area contributed by atoms with E-state index >= 15 is 0 Å². The van der Waals surface area contributed by atoms with Gasteiger partial charge in [0.15, 0.2) is 0 Å². The number of nitrogens with zero attached hydrogens (tertiary/aromatic N) is 2. The molecular formula is C22H19ClF3N3O3S2. The number of carbonyl (C=O) groups is 1. The highest BCUT2D eigenvalue weighted by molar-refractivity contribution is 7.89. The highest BCUT2D eigenvalue weighted by Gasteiger charge is 2.38. The van der Waals surface area contributed by atoms with E-state index in [1.807, 2.05) is 0 Å². The maximum Gasteiger partial charge on any atom is 0.417 e. The average Bonchev–Trinajstić information content (AvgIpc) is 3.33. The van der Waals surface area contributed by atoms with Crippen molar-refractivity contribution in [3.8, 4) is 10.4 Å². The Morgan fingerprint density at radius 1 is 1.15 bits per heavy atom. The molecule has 0 saturated carbocycles. The van der Waals surface area contributed by atoms with Gasteiger partial charge in [0.25, 0.3) is 5.91 Å². The first-order chi connectivity index (χ1) is 16.0. The highest BCUT2D eigenvalue weighted by Crippen LogP contribution is 2.38. The number of thiophene rings is 1. The summed E-state index contributed by atoms with van der Waals surface area (Å²) in [5, 5.41) is 1.99. The predicted octanol–water partition coefficient (Wildman–Crippen LogP) is 5.07. The first-order valence-corrected chi connectivity index (χ1v) is 13.0. The summed E-state index contributed by atoms with van der Waals surface area (Å²) in [6, 6.07) is 9.05. The summed E-state index contributed by atoms with van der Waals surface area (Å²) in [5.41, 5.74) is -0.567. The van der Waals surface area contributed by atoms with E-state index in [9.17, 15) is 26.4 Å². The molecule has 0 radical (unpaired) electrons. The highest BCUT2D eigenvalue weighted by atomic mass is 35.5. The molecule has 1 amide bonds. The van der Waals surface area contributed by atoms with Gasteiger partial charge in [-0.3, -0.25) is 4.79 Å². The van der Waals surface area contributed by atoms with E-state index in [-0.39, 0.29) is 37.0 Å². The molecule has 1 fully saturated rings. The number of sulfonamides is 1. The van der Waals surface area contributed by atoms with Gasteiger partial charge in [-0.15, -0.1) is 11.3 Å². The Kier molecular flexibility index (Phi) is 6.99.